The number of aromatic carboxylic acids is 1. The van der Waals surface area contributed by atoms with Gasteiger partial charge in [-0.25, -0.2) is 4.79 Å². The molecule has 3 N–H and O–H groups in total. The van der Waals surface area contributed by atoms with E-state index in [1.54, 1.807) is 29.1 Å². The molecule has 136 valence electrons. The van der Waals surface area contributed by atoms with E-state index < -0.39 is 17.4 Å². The second-order valence-electron chi connectivity index (χ2n) is 6.40. The summed E-state index contributed by atoms with van der Waals surface area (Å²) in [5.74, 6) is -1.81. The molecule has 2 heterocycles. The summed E-state index contributed by atoms with van der Waals surface area (Å²) in [5.41, 5.74) is 4.33. The van der Waals surface area contributed by atoms with E-state index in [9.17, 15) is 19.2 Å². The maximum atomic E-state index is 11.6. The van der Waals surface area contributed by atoms with Gasteiger partial charge in [0, 0.05) is 24.5 Å². The van der Waals surface area contributed by atoms with Crippen molar-refractivity contribution in [1.29, 1.82) is 0 Å². The molecular formula is C18H19N3O5. The van der Waals surface area contributed by atoms with Gasteiger partial charge in [-0.2, -0.15) is 0 Å². The minimum atomic E-state index is -1.15. The fraction of sp³-hybridized carbons (Fsp3) is 0.333. The Morgan fingerprint density at radius 2 is 1.31 bits per heavy atom. The van der Waals surface area contributed by atoms with Crippen LogP contribution in [0.3, 0.4) is 0 Å². The van der Waals surface area contributed by atoms with Crippen molar-refractivity contribution in [1.82, 2.24) is 9.13 Å². The maximum Gasteiger partial charge on any atom is 0.341 e. The SMILES string of the molecule is NC(=O)c1cccn(C2CC2)c1=O.O=C(O)c1cccn(C2CC2)c1=O. The number of carbonyl (C=O) groups is 2. The summed E-state index contributed by atoms with van der Waals surface area (Å²) in [6.07, 6.45) is 7.33. The molecule has 2 aromatic heterocycles. The first-order valence-electron chi connectivity index (χ1n) is 8.35. The topological polar surface area (TPSA) is 124 Å². The second kappa shape index (κ2) is 6.99. The molecule has 0 aliphatic heterocycles. The Kier molecular flexibility index (Phi) is 4.75. The van der Waals surface area contributed by atoms with E-state index in [2.05, 4.69) is 0 Å². The maximum absolute atomic E-state index is 11.6. The van der Waals surface area contributed by atoms with Crippen molar-refractivity contribution < 1.29 is 14.7 Å². The average Bonchev–Trinajstić information content (AvgIpc) is 3.47. The summed E-state index contributed by atoms with van der Waals surface area (Å²) in [5, 5.41) is 8.68. The molecule has 2 aliphatic rings. The molecule has 0 aromatic carbocycles. The number of pyridine rings is 2. The number of carboxylic acids is 1. The molecule has 2 saturated carbocycles. The van der Waals surface area contributed by atoms with Gasteiger partial charge in [-0.3, -0.25) is 14.4 Å². The van der Waals surface area contributed by atoms with Crippen LogP contribution in [0.25, 0.3) is 0 Å². The first kappa shape index (κ1) is 17.7. The fourth-order valence-electron chi connectivity index (χ4n) is 2.65. The summed E-state index contributed by atoms with van der Waals surface area (Å²) in [6.45, 7) is 0. The van der Waals surface area contributed by atoms with E-state index in [-0.39, 0.29) is 28.8 Å². The van der Waals surface area contributed by atoms with Crippen LogP contribution in [-0.2, 0) is 0 Å². The molecule has 1 amide bonds. The highest BCUT2D eigenvalue weighted by Gasteiger charge is 2.26. The van der Waals surface area contributed by atoms with Crippen LogP contribution in [0.2, 0.25) is 0 Å². The highest BCUT2D eigenvalue weighted by molar-refractivity contribution is 5.92. The van der Waals surface area contributed by atoms with Gasteiger partial charge in [0.1, 0.15) is 11.1 Å². The number of carbonyl (C=O) groups excluding carboxylic acids is 1. The highest BCUT2D eigenvalue weighted by Crippen LogP contribution is 2.33. The van der Waals surface area contributed by atoms with Gasteiger partial charge in [-0.15, -0.1) is 0 Å². The zero-order valence-electron chi connectivity index (χ0n) is 14.0. The number of rotatable bonds is 4. The third-order valence-electron chi connectivity index (χ3n) is 4.33. The van der Waals surface area contributed by atoms with E-state index in [4.69, 9.17) is 10.8 Å². The van der Waals surface area contributed by atoms with Gasteiger partial charge >= 0.3 is 5.97 Å². The predicted octanol–water partition coefficient (Wildman–Crippen LogP) is 1.16. The van der Waals surface area contributed by atoms with Crippen LogP contribution >= 0.6 is 0 Å². The summed E-state index contributed by atoms with van der Waals surface area (Å²) >= 11 is 0. The third-order valence-corrected chi connectivity index (χ3v) is 4.33. The van der Waals surface area contributed by atoms with E-state index in [1.807, 2.05) is 0 Å². The highest BCUT2D eigenvalue weighted by atomic mass is 16.4. The predicted molar refractivity (Wildman–Crippen MR) is 93.4 cm³/mol. The lowest BCUT2D eigenvalue weighted by atomic mass is 10.2. The third kappa shape index (κ3) is 3.74. The van der Waals surface area contributed by atoms with Crippen molar-refractivity contribution in [3.8, 4) is 0 Å². The minimum Gasteiger partial charge on any atom is -0.477 e. The molecule has 8 heteroatoms. The molecule has 0 bridgehead atoms. The van der Waals surface area contributed by atoms with Crippen LogP contribution in [0.1, 0.15) is 58.5 Å². The van der Waals surface area contributed by atoms with Crippen molar-refractivity contribution in [2.75, 3.05) is 0 Å². The quantitative estimate of drug-likeness (QED) is 0.850. The lowest BCUT2D eigenvalue weighted by Gasteiger charge is -2.03. The first-order valence-corrected chi connectivity index (χ1v) is 8.35. The normalized spacial score (nSPS) is 15.7. The molecule has 0 radical (unpaired) electrons. The molecule has 0 saturated heterocycles. The number of amides is 1. The smallest absolute Gasteiger partial charge is 0.341 e. The molecule has 4 rings (SSSR count). The van der Waals surface area contributed by atoms with Crippen molar-refractivity contribution in [3.63, 3.8) is 0 Å². The van der Waals surface area contributed by atoms with Gasteiger partial charge in [-0.1, -0.05) is 0 Å². The zero-order valence-corrected chi connectivity index (χ0v) is 14.0. The van der Waals surface area contributed by atoms with Gasteiger partial charge in [0.15, 0.2) is 0 Å². The van der Waals surface area contributed by atoms with E-state index >= 15 is 0 Å². The van der Waals surface area contributed by atoms with E-state index in [0.717, 1.165) is 25.7 Å². The Morgan fingerprint density at radius 3 is 1.69 bits per heavy atom. The molecule has 0 unspecified atom stereocenters. The van der Waals surface area contributed by atoms with Crippen LogP contribution in [0.4, 0.5) is 0 Å². The minimum absolute atomic E-state index is 0.0781. The number of hydrogen-bond acceptors (Lipinski definition) is 4. The molecule has 8 nitrogen and oxygen atoms in total. The van der Waals surface area contributed by atoms with Gasteiger partial charge in [0.2, 0.25) is 0 Å². The van der Waals surface area contributed by atoms with Crippen LogP contribution in [0.5, 0.6) is 0 Å². The lowest BCUT2D eigenvalue weighted by Crippen LogP contribution is -2.28. The number of nitrogens with zero attached hydrogens (tertiary/aromatic N) is 2. The molecule has 0 spiro atoms. The molecule has 26 heavy (non-hydrogen) atoms. The summed E-state index contributed by atoms with van der Waals surface area (Å²) in [7, 11) is 0. The summed E-state index contributed by atoms with van der Waals surface area (Å²) in [6, 6.07) is 6.59. The van der Waals surface area contributed by atoms with Gasteiger partial charge < -0.3 is 20.0 Å². The molecule has 0 atom stereocenters. The van der Waals surface area contributed by atoms with Crippen LogP contribution in [0, 0.1) is 0 Å². The summed E-state index contributed by atoms with van der Waals surface area (Å²) in [4.78, 5) is 44.5. The second-order valence-corrected chi connectivity index (χ2v) is 6.40. The summed E-state index contributed by atoms with van der Waals surface area (Å²) < 4.78 is 3.09. The van der Waals surface area contributed by atoms with E-state index in [0.29, 0.717) is 0 Å². The van der Waals surface area contributed by atoms with Crippen LogP contribution in [0.15, 0.2) is 46.2 Å². The van der Waals surface area contributed by atoms with Crippen molar-refractivity contribution in [2.45, 2.75) is 37.8 Å². The molecule has 2 aliphatic carbocycles. The Bertz CT molecular complexity index is 888. The number of aromatic nitrogens is 2. The monoisotopic (exact) mass is 357 g/mol. The Hall–Kier alpha value is -3.16. The number of nitrogens with two attached hydrogens (primary N) is 1. The van der Waals surface area contributed by atoms with Crippen LogP contribution in [-0.4, -0.2) is 26.1 Å². The first-order chi connectivity index (χ1) is 12.4. The number of carboxylic acid groups (broad SMARTS) is 1. The molecular weight excluding hydrogens is 338 g/mol. The number of primary amides is 1. The average molecular weight is 357 g/mol. The van der Waals surface area contributed by atoms with Gasteiger partial charge in [0.05, 0.1) is 0 Å². The van der Waals surface area contributed by atoms with Gasteiger partial charge in [0.25, 0.3) is 17.0 Å². The molecule has 2 fully saturated rings. The Balaban J connectivity index is 0.000000151. The number of hydrogen-bond donors (Lipinski definition) is 2. The van der Waals surface area contributed by atoms with Crippen molar-refractivity contribution >= 4 is 11.9 Å². The van der Waals surface area contributed by atoms with Gasteiger partial charge in [-0.05, 0) is 49.9 Å². The molecule has 2 aromatic rings. The standard InChI is InChI=1S/C9H10N2O2.C9H9NO3/c10-8(12)7-2-1-5-11(9(7)13)6-3-4-6;11-8-7(9(12)13)2-1-5-10(8)6-3-4-6/h1-2,5-6H,3-4H2,(H2,10,12);1-2,5-6H,3-4H2,(H,12,13). The largest absolute Gasteiger partial charge is 0.477 e. The van der Waals surface area contributed by atoms with Crippen molar-refractivity contribution in [3.05, 3.63) is 68.5 Å². The van der Waals surface area contributed by atoms with Crippen LogP contribution < -0.4 is 16.9 Å². The fourth-order valence-corrected chi connectivity index (χ4v) is 2.65. The van der Waals surface area contributed by atoms with Crippen molar-refractivity contribution in [2.24, 2.45) is 5.73 Å². The van der Waals surface area contributed by atoms with E-state index in [1.165, 1.54) is 16.7 Å². The Labute approximate surface area is 148 Å². The Morgan fingerprint density at radius 1 is 0.885 bits per heavy atom. The zero-order chi connectivity index (χ0) is 18.8. The lowest BCUT2D eigenvalue weighted by molar-refractivity contribution is 0.0694.